The molecule has 1 rings (SSSR count). The number of aryl methyl sites for hydroxylation is 1. The summed E-state index contributed by atoms with van der Waals surface area (Å²) in [7, 11) is 0. The Hall–Kier alpha value is -1.78. The summed E-state index contributed by atoms with van der Waals surface area (Å²) in [6.07, 6.45) is 2.34. The van der Waals surface area contributed by atoms with E-state index in [1.807, 2.05) is 6.92 Å². The first-order valence-corrected chi connectivity index (χ1v) is 5.60. The van der Waals surface area contributed by atoms with Crippen molar-refractivity contribution in [2.24, 2.45) is 10.9 Å². The second-order valence-corrected chi connectivity index (χ2v) is 3.93. The fourth-order valence-corrected chi connectivity index (χ4v) is 1.53. The molecule has 4 nitrogen and oxygen atoms in total. The molecule has 0 fully saturated rings. The van der Waals surface area contributed by atoms with Gasteiger partial charge in [0.05, 0.1) is 0 Å². The standard InChI is InChI=1S/C12H18FN3O/c1-9-8-10(13)5-6-11(9)15-7-3-2-4-12(14)16-17/h5-6,8,15,17H,2-4,7H2,1H3,(H2,14,16). The summed E-state index contributed by atoms with van der Waals surface area (Å²) in [6, 6.07) is 4.67. The fraction of sp³-hybridized carbons (Fsp3) is 0.417. The summed E-state index contributed by atoms with van der Waals surface area (Å²) in [5.74, 6) is 0.0305. The number of halogens is 1. The van der Waals surface area contributed by atoms with Crippen molar-refractivity contribution >= 4 is 11.5 Å². The van der Waals surface area contributed by atoms with Gasteiger partial charge in [-0.15, -0.1) is 0 Å². The van der Waals surface area contributed by atoms with Gasteiger partial charge in [-0.3, -0.25) is 0 Å². The number of nitrogens with one attached hydrogen (secondary N) is 1. The smallest absolute Gasteiger partial charge is 0.139 e. The molecule has 0 unspecified atom stereocenters. The summed E-state index contributed by atoms with van der Waals surface area (Å²) < 4.78 is 12.8. The van der Waals surface area contributed by atoms with Crippen LogP contribution in [-0.2, 0) is 0 Å². The summed E-state index contributed by atoms with van der Waals surface area (Å²) >= 11 is 0. The van der Waals surface area contributed by atoms with Crippen molar-refractivity contribution in [3.63, 3.8) is 0 Å². The van der Waals surface area contributed by atoms with Crippen LogP contribution in [0.25, 0.3) is 0 Å². The molecule has 0 radical (unpaired) electrons. The summed E-state index contributed by atoms with van der Waals surface area (Å²) in [4.78, 5) is 0. The number of oxime groups is 1. The number of benzene rings is 1. The third-order valence-corrected chi connectivity index (χ3v) is 2.49. The van der Waals surface area contributed by atoms with Crippen molar-refractivity contribution in [2.75, 3.05) is 11.9 Å². The molecule has 17 heavy (non-hydrogen) atoms. The van der Waals surface area contributed by atoms with Crippen LogP contribution in [0.15, 0.2) is 23.4 Å². The van der Waals surface area contributed by atoms with E-state index in [-0.39, 0.29) is 11.7 Å². The monoisotopic (exact) mass is 239 g/mol. The van der Waals surface area contributed by atoms with Gasteiger partial charge in [0.1, 0.15) is 11.7 Å². The van der Waals surface area contributed by atoms with Crippen LogP contribution >= 0.6 is 0 Å². The van der Waals surface area contributed by atoms with Crippen molar-refractivity contribution < 1.29 is 9.60 Å². The van der Waals surface area contributed by atoms with E-state index in [0.29, 0.717) is 6.42 Å². The van der Waals surface area contributed by atoms with Gasteiger partial charge >= 0.3 is 0 Å². The maximum atomic E-state index is 12.8. The molecule has 5 heteroatoms. The van der Waals surface area contributed by atoms with E-state index in [0.717, 1.165) is 30.6 Å². The van der Waals surface area contributed by atoms with Crippen molar-refractivity contribution in [1.29, 1.82) is 0 Å². The van der Waals surface area contributed by atoms with Gasteiger partial charge < -0.3 is 16.3 Å². The lowest BCUT2D eigenvalue weighted by molar-refractivity contribution is 0.316. The number of unbranched alkanes of at least 4 members (excludes halogenated alkanes) is 1. The molecule has 4 N–H and O–H groups in total. The van der Waals surface area contributed by atoms with Crippen LogP contribution in [0.1, 0.15) is 24.8 Å². The van der Waals surface area contributed by atoms with Crippen molar-refractivity contribution in [1.82, 2.24) is 0 Å². The number of nitrogens with zero attached hydrogens (tertiary/aromatic N) is 1. The molecule has 0 spiro atoms. The Bertz CT molecular complexity index is 393. The second kappa shape index (κ2) is 6.73. The van der Waals surface area contributed by atoms with Gasteiger partial charge in [0.25, 0.3) is 0 Å². The van der Waals surface area contributed by atoms with E-state index in [9.17, 15) is 4.39 Å². The van der Waals surface area contributed by atoms with Crippen LogP contribution in [-0.4, -0.2) is 17.6 Å². The molecule has 0 atom stereocenters. The average molecular weight is 239 g/mol. The number of amidine groups is 1. The van der Waals surface area contributed by atoms with Gasteiger partial charge in [0.15, 0.2) is 0 Å². The van der Waals surface area contributed by atoms with Crippen LogP contribution in [0.4, 0.5) is 10.1 Å². The highest BCUT2D eigenvalue weighted by Crippen LogP contribution is 2.15. The lowest BCUT2D eigenvalue weighted by Crippen LogP contribution is -2.12. The molecule has 94 valence electrons. The average Bonchev–Trinajstić information content (AvgIpc) is 2.30. The third kappa shape index (κ3) is 4.72. The molecule has 0 saturated heterocycles. The summed E-state index contributed by atoms with van der Waals surface area (Å²) in [5.41, 5.74) is 7.18. The molecule has 1 aromatic rings. The molecule has 0 amide bonds. The summed E-state index contributed by atoms with van der Waals surface area (Å²) in [6.45, 7) is 2.65. The van der Waals surface area contributed by atoms with Gasteiger partial charge in [-0.1, -0.05) is 5.16 Å². The molecular weight excluding hydrogens is 221 g/mol. The Morgan fingerprint density at radius 3 is 2.88 bits per heavy atom. The fourth-order valence-electron chi connectivity index (χ4n) is 1.53. The van der Waals surface area contributed by atoms with Crippen molar-refractivity contribution in [3.05, 3.63) is 29.6 Å². The molecule has 1 aromatic carbocycles. The van der Waals surface area contributed by atoms with Gasteiger partial charge in [-0.25, -0.2) is 4.39 Å². The largest absolute Gasteiger partial charge is 0.409 e. The van der Waals surface area contributed by atoms with Gasteiger partial charge in [-0.05, 0) is 43.5 Å². The summed E-state index contributed by atoms with van der Waals surface area (Å²) in [5, 5.41) is 14.5. The molecule has 0 bridgehead atoms. The van der Waals surface area contributed by atoms with Gasteiger partial charge in [-0.2, -0.15) is 0 Å². The molecule has 0 aromatic heterocycles. The first-order chi connectivity index (χ1) is 8.13. The number of hydrogen-bond acceptors (Lipinski definition) is 3. The van der Waals surface area contributed by atoms with Crippen LogP contribution in [0.2, 0.25) is 0 Å². The SMILES string of the molecule is Cc1cc(F)ccc1NCCCCC(N)=NO. The van der Waals surface area contributed by atoms with E-state index in [4.69, 9.17) is 10.9 Å². The second-order valence-electron chi connectivity index (χ2n) is 3.93. The Labute approximate surface area is 100 Å². The topological polar surface area (TPSA) is 70.6 Å². The minimum absolute atomic E-state index is 0.222. The first-order valence-electron chi connectivity index (χ1n) is 5.60. The van der Waals surface area contributed by atoms with E-state index in [1.165, 1.54) is 12.1 Å². The van der Waals surface area contributed by atoms with E-state index >= 15 is 0 Å². The van der Waals surface area contributed by atoms with Crippen LogP contribution in [0, 0.1) is 12.7 Å². The predicted octanol–water partition coefficient (Wildman–Crippen LogP) is 2.46. The van der Waals surface area contributed by atoms with Crippen molar-refractivity contribution in [2.45, 2.75) is 26.2 Å². The lowest BCUT2D eigenvalue weighted by atomic mass is 10.2. The van der Waals surface area contributed by atoms with Crippen LogP contribution in [0.5, 0.6) is 0 Å². The normalized spacial score (nSPS) is 11.5. The Balaban J connectivity index is 2.27. The molecule has 0 aliphatic heterocycles. The number of hydrogen-bond donors (Lipinski definition) is 3. The highest BCUT2D eigenvalue weighted by Gasteiger charge is 1.99. The number of anilines is 1. The highest BCUT2D eigenvalue weighted by atomic mass is 19.1. The Kier molecular flexibility index (Phi) is 5.26. The van der Waals surface area contributed by atoms with Crippen LogP contribution in [0.3, 0.4) is 0 Å². The van der Waals surface area contributed by atoms with Crippen molar-refractivity contribution in [3.8, 4) is 0 Å². The maximum Gasteiger partial charge on any atom is 0.139 e. The quantitative estimate of drug-likeness (QED) is 0.235. The molecule has 0 saturated carbocycles. The Morgan fingerprint density at radius 1 is 1.47 bits per heavy atom. The molecular formula is C12H18FN3O. The maximum absolute atomic E-state index is 12.8. The van der Waals surface area contributed by atoms with Gasteiger partial charge in [0, 0.05) is 18.7 Å². The zero-order chi connectivity index (χ0) is 12.7. The number of rotatable bonds is 6. The predicted molar refractivity (Wildman–Crippen MR) is 66.9 cm³/mol. The minimum Gasteiger partial charge on any atom is -0.409 e. The molecule has 0 aliphatic rings. The first kappa shape index (κ1) is 13.3. The highest BCUT2D eigenvalue weighted by molar-refractivity contribution is 5.79. The molecule has 0 aliphatic carbocycles. The van der Waals surface area contributed by atoms with Gasteiger partial charge in [0.2, 0.25) is 0 Å². The van der Waals surface area contributed by atoms with E-state index in [2.05, 4.69) is 10.5 Å². The lowest BCUT2D eigenvalue weighted by Gasteiger charge is -2.09. The van der Waals surface area contributed by atoms with E-state index < -0.39 is 0 Å². The Morgan fingerprint density at radius 2 is 2.24 bits per heavy atom. The minimum atomic E-state index is -0.222. The number of nitrogens with two attached hydrogens (primary N) is 1. The molecule has 0 heterocycles. The zero-order valence-corrected chi connectivity index (χ0v) is 9.91. The third-order valence-electron chi connectivity index (χ3n) is 2.49. The zero-order valence-electron chi connectivity index (χ0n) is 9.91. The van der Waals surface area contributed by atoms with Crippen LogP contribution < -0.4 is 11.1 Å². The van der Waals surface area contributed by atoms with E-state index in [1.54, 1.807) is 6.07 Å².